The fourth-order valence-electron chi connectivity index (χ4n) is 3.41. The molecule has 0 bridgehead atoms. The van der Waals surface area contributed by atoms with Gasteiger partial charge in [-0.15, -0.1) is 0 Å². The Morgan fingerprint density at radius 3 is 2.52 bits per heavy atom. The first-order chi connectivity index (χ1) is 10.1. The molecule has 0 radical (unpaired) electrons. The lowest BCUT2D eigenvalue weighted by atomic mass is 9.96. The molecule has 1 aromatic heterocycles. The fraction of sp³-hybridized carbons (Fsp3) is 0.733. The molecule has 0 aromatic carbocycles. The Kier molecular flexibility index (Phi) is 4.45. The molecule has 3 heterocycles. The molecule has 3 rings (SSSR count). The molecular formula is C15H24N4OS. The summed E-state index contributed by atoms with van der Waals surface area (Å²) in [6.07, 6.45) is 4.94. The first-order valence-corrected chi connectivity index (χ1v) is 8.69. The van der Waals surface area contributed by atoms with Crippen LogP contribution in [0, 0.1) is 12.8 Å². The maximum absolute atomic E-state index is 12.5. The number of nitrogen functional groups attached to an aromatic ring is 1. The standard InChI is InChI=1S/C15H24N4OS/c1-11-13(21-15(16)17-11)14(20)19-8-4-12(5-9-19)10-18-6-2-3-7-18/h12H,2-10H2,1H3,(H2,16,17). The molecule has 1 aromatic rings. The van der Waals surface area contributed by atoms with E-state index in [4.69, 9.17) is 5.73 Å². The number of likely N-dealkylation sites (tertiary alicyclic amines) is 2. The summed E-state index contributed by atoms with van der Waals surface area (Å²) in [4.78, 5) is 21.9. The van der Waals surface area contributed by atoms with Crippen molar-refractivity contribution in [3.05, 3.63) is 10.6 Å². The predicted molar refractivity (Wildman–Crippen MR) is 85.6 cm³/mol. The molecule has 1 amide bonds. The van der Waals surface area contributed by atoms with Crippen molar-refractivity contribution in [1.82, 2.24) is 14.8 Å². The number of thiazole rings is 1. The van der Waals surface area contributed by atoms with Gasteiger partial charge in [-0.3, -0.25) is 4.79 Å². The Morgan fingerprint density at radius 1 is 1.29 bits per heavy atom. The molecule has 2 saturated heterocycles. The molecule has 0 atom stereocenters. The first kappa shape index (κ1) is 14.8. The van der Waals surface area contributed by atoms with Crippen LogP contribution < -0.4 is 5.73 Å². The maximum Gasteiger partial charge on any atom is 0.265 e. The van der Waals surface area contributed by atoms with Gasteiger partial charge >= 0.3 is 0 Å². The second-order valence-corrected chi connectivity index (χ2v) is 7.24. The Labute approximate surface area is 130 Å². The number of amides is 1. The van der Waals surface area contributed by atoms with Crippen LogP contribution in [0.25, 0.3) is 0 Å². The predicted octanol–water partition coefficient (Wildman–Crippen LogP) is 1.98. The second-order valence-electron chi connectivity index (χ2n) is 6.21. The van der Waals surface area contributed by atoms with Crippen LogP contribution in [0.4, 0.5) is 5.13 Å². The summed E-state index contributed by atoms with van der Waals surface area (Å²) in [5, 5.41) is 0.486. The number of piperidine rings is 1. The summed E-state index contributed by atoms with van der Waals surface area (Å²) in [6, 6.07) is 0. The van der Waals surface area contributed by atoms with Crippen molar-refractivity contribution in [3.63, 3.8) is 0 Å². The Balaban J connectivity index is 1.53. The van der Waals surface area contributed by atoms with Crippen LogP contribution in [0.15, 0.2) is 0 Å². The quantitative estimate of drug-likeness (QED) is 0.927. The number of rotatable bonds is 3. The van der Waals surface area contributed by atoms with E-state index in [-0.39, 0.29) is 5.91 Å². The molecule has 5 nitrogen and oxygen atoms in total. The molecule has 2 aliphatic rings. The van der Waals surface area contributed by atoms with Crippen molar-refractivity contribution in [2.75, 3.05) is 38.5 Å². The summed E-state index contributed by atoms with van der Waals surface area (Å²) < 4.78 is 0. The average Bonchev–Trinajstić information content (AvgIpc) is 3.08. The van der Waals surface area contributed by atoms with Crippen LogP contribution >= 0.6 is 11.3 Å². The summed E-state index contributed by atoms with van der Waals surface area (Å²) >= 11 is 1.31. The molecular weight excluding hydrogens is 284 g/mol. The van der Waals surface area contributed by atoms with E-state index in [1.54, 1.807) is 0 Å². The minimum Gasteiger partial charge on any atom is -0.375 e. The van der Waals surface area contributed by atoms with E-state index in [0.717, 1.165) is 37.5 Å². The van der Waals surface area contributed by atoms with E-state index in [9.17, 15) is 4.79 Å². The van der Waals surface area contributed by atoms with Gasteiger partial charge in [-0.1, -0.05) is 11.3 Å². The van der Waals surface area contributed by atoms with Gasteiger partial charge in [0.1, 0.15) is 4.88 Å². The van der Waals surface area contributed by atoms with Crippen molar-refractivity contribution in [2.45, 2.75) is 32.6 Å². The van der Waals surface area contributed by atoms with Gasteiger partial charge in [0, 0.05) is 19.6 Å². The van der Waals surface area contributed by atoms with Gasteiger partial charge in [-0.05, 0) is 51.6 Å². The van der Waals surface area contributed by atoms with Gasteiger partial charge < -0.3 is 15.5 Å². The van der Waals surface area contributed by atoms with E-state index in [1.807, 2.05) is 11.8 Å². The molecule has 116 valence electrons. The van der Waals surface area contributed by atoms with Gasteiger partial charge in [0.2, 0.25) is 0 Å². The van der Waals surface area contributed by atoms with Crippen LogP contribution in [0.1, 0.15) is 41.0 Å². The van der Waals surface area contributed by atoms with Crippen molar-refractivity contribution in [3.8, 4) is 0 Å². The molecule has 0 aliphatic carbocycles. The third-order valence-electron chi connectivity index (χ3n) is 4.62. The van der Waals surface area contributed by atoms with Gasteiger partial charge in [0.15, 0.2) is 5.13 Å². The van der Waals surface area contributed by atoms with Crippen LogP contribution in [0.3, 0.4) is 0 Å². The molecule has 2 fully saturated rings. The van der Waals surface area contributed by atoms with Gasteiger partial charge in [-0.25, -0.2) is 4.98 Å². The smallest absolute Gasteiger partial charge is 0.265 e. The molecule has 6 heteroatoms. The van der Waals surface area contributed by atoms with E-state index >= 15 is 0 Å². The number of hydrogen-bond donors (Lipinski definition) is 1. The number of anilines is 1. The number of nitrogens with zero attached hydrogens (tertiary/aromatic N) is 3. The lowest BCUT2D eigenvalue weighted by Crippen LogP contribution is -2.41. The van der Waals surface area contributed by atoms with Crippen molar-refractivity contribution >= 4 is 22.4 Å². The number of aromatic nitrogens is 1. The SMILES string of the molecule is Cc1nc(N)sc1C(=O)N1CCC(CN2CCCC2)CC1. The van der Waals surface area contributed by atoms with Crippen LogP contribution in [0.5, 0.6) is 0 Å². The Morgan fingerprint density at radius 2 is 1.95 bits per heavy atom. The first-order valence-electron chi connectivity index (χ1n) is 7.88. The van der Waals surface area contributed by atoms with Gasteiger partial charge in [-0.2, -0.15) is 0 Å². The molecule has 0 saturated carbocycles. The van der Waals surface area contributed by atoms with Crippen LogP contribution in [-0.4, -0.2) is 53.4 Å². The normalized spacial score (nSPS) is 21.1. The molecule has 2 aliphatic heterocycles. The third kappa shape index (κ3) is 3.37. The Bertz CT molecular complexity index is 502. The van der Waals surface area contributed by atoms with E-state index < -0.39 is 0 Å². The zero-order chi connectivity index (χ0) is 14.8. The number of carbonyl (C=O) groups excluding carboxylic acids is 1. The highest BCUT2D eigenvalue weighted by Gasteiger charge is 2.27. The number of hydrogen-bond acceptors (Lipinski definition) is 5. The van der Waals surface area contributed by atoms with Gasteiger partial charge in [0.25, 0.3) is 5.91 Å². The second kappa shape index (κ2) is 6.32. The highest BCUT2D eigenvalue weighted by atomic mass is 32.1. The summed E-state index contributed by atoms with van der Waals surface area (Å²) in [5.41, 5.74) is 6.46. The highest BCUT2D eigenvalue weighted by Crippen LogP contribution is 2.25. The molecule has 0 spiro atoms. The third-order valence-corrected chi connectivity index (χ3v) is 5.60. The van der Waals surface area contributed by atoms with E-state index in [2.05, 4.69) is 9.88 Å². The number of aryl methyl sites for hydroxylation is 1. The molecule has 21 heavy (non-hydrogen) atoms. The molecule has 0 unspecified atom stereocenters. The largest absolute Gasteiger partial charge is 0.375 e. The van der Waals surface area contributed by atoms with Crippen molar-refractivity contribution in [1.29, 1.82) is 0 Å². The summed E-state index contributed by atoms with van der Waals surface area (Å²) in [5.74, 6) is 0.862. The number of carbonyl (C=O) groups is 1. The number of nitrogens with two attached hydrogens (primary N) is 1. The maximum atomic E-state index is 12.5. The lowest BCUT2D eigenvalue weighted by Gasteiger charge is -2.33. The van der Waals surface area contributed by atoms with Gasteiger partial charge in [0.05, 0.1) is 5.69 Å². The topological polar surface area (TPSA) is 62.5 Å². The monoisotopic (exact) mass is 308 g/mol. The Hall–Kier alpha value is -1.14. The fourth-order valence-corrected chi connectivity index (χ4v) is 4.21. The van der Waals surface area contributed by atoms with Crippen molar-refractivity contribution < 1.29 is 4.79 Å². The average molecular weight is 308 g/mol. The van der Waals surface area contributed by atoms with Crippen molar-refractivity contribution in [2.24, 2.45) is 5.92 Å². The summed E-state index contributed by atoms with van der Waals surface area (Å²) in [7, 11) is 0. The van der Waals surface area contributed by atoms with Crippen LogP contribution in [-0.2, 0) is 0 Å². The minimum absolute atomic E-state index is 0.112. The zero-order valence-corrected chi connectivity index (χ0v) is 13.5. The van der Waals surface area contributed by atoms with Crippen LogP contribution in [0.2, 0.25) is 0 Å². The highest BCUT2D eigenvalue weighted by molar-refractivity contribution is 7.17. The zero-order valence-electron chi connectivity index (χ0n) is 12.7. The van der Waals surface area contributed by atoms with E-state index in [0.29, 0.717) is 10.0 Å². The molecule has 2 N–H and O–H groups in total. The lowest BCUT2D eigenvalue weighted by molar-refractivity contribution is 0.0677. The minimum atomic E-state index is 0.112. The van der Waals surface area contributed by atoms with E-state index in [1.165, 1.54) is 43.8 Å². The summed E-state index contributed by atoms with van der Waals surface area (Å²) in [6.45, 7) is 7.34.